The maximum Gasteiger partial charge on any atom is 0.323 e. The van der Waals surface area contributed by atoms with Crippen LogP contribution >= 0.6 is 24.0 Å². The van der Waals surface area contributed by atoms with Crippen LogP contribution in [0, 0.1) is 10.1 Å². The Morgan fingerprint density at radius 1 is 1.50 bits per heavy atom. The van der Waals surface area contributed by atoms with Crippen LogP contribution in [0.4, 0.5) is 5.69 Å². The van der Waals surface area contributed by atoms with Crippen LogP contribution in [-0.2, 0) is 9.59 Å². The number of carboxylic acids is 1. The van der Waals surface area contributed by atoms with Gasteiger partial charge in [0.05, 0.1) is 9.83 Å². The van der Waals surface area contributed by atoms with Gasteiger partial charge in [0, 0.05) is 11.6 Å². The minimum atomic E-state index is -1.21. The van der Waals surface area contributed by atoms with E-state index in [4.69, 9.17) is 17.3 Å². The molecule has 8 nitrogen and oxygen atoms in total. The second kappa shape index (κ2) is 6.12. The molecule has 2 rings (SSSR count). The number of nitro benzene ring substituents is 1. The average molecular weight is 340 g/mol. The topological polar surface area (TPSA) is 121 Å². The standard InChI is InChI=1S/C12H8N2O6S2/c15-9(16)5-13-11(18)8(22-12(13)21)4-6-2-1-3-7(10(6)17)14(19)20/h1-4,17H,5H2,(H,15,16)/b8-4+. The first-order valence-electron chi connectivity index (χ1n) is 5.74. The summed E-state index contributed by atoms with van der Waals surface area (Å²) in [7, 11) is 0. The molecule has 1 amide bonds. The largest absolute Gasteiger partial charge is 0.502 e. The van der Waals surface area contributed by atoms with Crippen molar-refractivity contribution < 1.29 is 24.7 Å². The number of thiocarbonyl (C=S) groups is 1. The van der Waals surface area contributed by atoms with Crippen molar-refractivity contribution in [2.75, 3.05) is 6.54 Å². The highest BCUT2D eigenvalue weighted by Gasteiger charge is 2.33. The summed E-state index contributed by atoms with van der Waals surface area (Å²) in [5, 5.41) is 29.3. The van der Waals surface area contributed by atoms with Crippen molar-refractivity contribution in [1.82, 2.24) is 4.90 Å². The molecule has 10 heteroatoms. The number of carbonyl (C=O) groups excluding carboxylic acids is 1. The fraction of sp³-hybridized carbons (Fsp3) is 0.0833. The molecule has 0 atom stereocenters. The van der Waals surface area contributed by atoms with Crippen LogP contribution in [-0.4, -0.2) is 42.8 Å². The van der Waals surface area contributed by atoms with Crippen LogP contribution in [0.5, 0.6) is 5.75 Å². The number of aromatic hydroxyl groups is 1. The van der Waals surface area contributed by atoms with Gasteiger partial charge in [-0.15, -0.1) is 0 Å². The normalized spacial score (nSPS) is 16.4. The van der Waals surface area contributed by atoms with Crippen molar-refractivity contribution in [1.29, 1.82) is 0 Å². The molecule has 22 heavy (non-hydrogen) atoms. The van der Waals surface area contributed by atoms with Gasteiger partial charge in [-0.2, -0.15) is 0 Å². The van der Waals surface area contributed by atoms with Crippen molar-refractivity contribution in [3.05, 3.63) is 38.8 Å². The van der Waals surface area contributed by atoms with Gasteiger partial charge in [0.1, 0.15) is 10.9 Å². The first-order chi connectivity index (χ1) is 10.3. The Bertz CT molecular complexity index is 730. The summed E-state index contributed by atoms with van der Waals surface area (Å²) in [6.07, 6.45) is 1.24. The highest BCUT2D eigenvalue weighted by molar-refractivity contribution is 8.26. The number of phenols is 1. The van der Waals surface area contributed by atoms with E-state index in [-0.39, 0.29) is 14.8 Å². The number of amides is 1. The first-order valence-corrected chi connectivity index (χ1v) is 6.97. The minimum Gasteiger partial charge on any atom is -0.502 e. The summed E-state index contributed by atoms with van der Waals surface area (Å²) in [6, 6.07) is 3.88. The van der Waals surface area contributed by atoms with E-state index in [1.54, 1.807) is 0 Å². The molecule has 0 unspecified atom stereocenters. The van der Waals surface area contributed by atoms with E-state index >= 15 is 0 Å². The van der Waals surface area contributed by atoms with Gasteiger partial charge in [-0.25, -0.2) is 0 Å². The molecule has 2 N–H and O–H groups in total. The summed E-state index contributed by atoms with van der Waals surface area (Å²) in [5.41, 5.74) is -0.417. The third-order valence-corrected chi connectivity index (χ3v) is 4.07. The van der Waals surface area contributed by atoms with Gasteiger partial charge in [-0.05, 0) is 6.08 Å². The molecule has 1 aliphatic heterocycles. The SMILES string of the molecule is O=C(O)CN1C(=O)/C(=C\c2cccc([N+](=O)[O-])c2O)SC1=S. The smallest absolute Gasteiger partial charge is 0.323 e. The number of carboxylic acid groups (broad SMARTS) is 1. The van der Waals surface area contributed by atoms with Crippen LogP contribution in [0.1, 0.15) is 5.56 Å². The molecule has 0 bridgehead atoms. The maximum atomic E-state index is 12.1. The molecular formula is C12H8N2O6S2. The fourth-order valence-corrected chi connectivity index (χ4v) is 2.97. The lowest BCUT2D eigenvalue weighted by Gasteiger charge is -2.10. The van der Waals surface area contributed by atoms with E-state index in [9.17, 15) is 24.8 Å². The molecule has 0 saturated carbocycles. The zero-order chi connectivity index (χ0) is 16.4. The van der Waals surface area contributed by atoms with Gasteiger partial charge >= 0.3 is 11.7 Å². The van der Waals surface area contributed by atoms with E-state index in [0.717, 1.165) is 22.7 Å². The molecule has 1 saturated heterocycles. The van der Waals surface area contributed by atoms with Gasteiger partial charge in [-0.3, -0.25) is 24.6 Å². The highest BCUT2D eigenvalue weighted by atomic mass is 32.2. The number of phenolic OH excluding ortho intramolecular Hbond substituents is 1. The number of aliphatic carboxylic acids is 1. The Hall–Kier alpha value is -2.46. The summed E-state index contributed by atoms with van der Waals surface area (Å²) in [6.45, 7) is -0.567. The van der Waals surface area contributed by atoms with E-state index in [2.05, 4.69) is 0 Å². The maximum absolute atomic E-state index is 12.1. The first kappa shape index (κ1) is 15.9. The number of thioether (sulfide) groups is 1. The summed E-state index contributed by atoms with van der Waals surface area (Å²) in [5.74, 6) is -2.41. The molecule has 1 aromatic rings. The van der Waals surface area contributed by atoms with Gasteiger partial charge < -0.3 is 10.2 Å². The van der Waals surface area contributed by atoms with Crippen LogP contribution in [0.3, 0.4) is 0 Å². The predicted octanol–water partition coefficient (Wildman–Crippen LogP) is 1.59. The fourth-order valence-electron chi connectivity index (χ4n) is 1.73. The van der Waals surface area contributed by atoms with E-state index in [0.29, 0.717) is 0 Å². The third-order valence-electron chi connectivity index (χ3n) is 2.70. The number of hydrogen-bond acceptors (Lipinski definition) is 7. The number of hydrogen-bond donors (Lipinski definition) is 2. The van der Waals surface area contributed by atoms with Crippen molar-refractivity contribution in [2.45, 2.75) is 0 Å². The monoisotopic (exact) mass is 340 g/mol. The molecule has 1 aliphatic rings. The molecule has 0 spiro atoms. The Morgan fingerprint density at radius 3 is 2.77 bits per heavy atom. The number of benzene rings is 1. The summed E-state index contributed by atoms with van der Waals surface area (Å²) in [4.78, 5) is 33.7. The molecule has 1 fully saturated rings. The Balaban J connectivity index is 2.37. The van der Waals surface area contributed by atoms with Crippen LogP contribution < -0.4 is 0 Å². The number of nitrogens with zero attached hydrogens (tertiary/aromatic N) is 2. The lowest BCUT2D eigenvalue weighted by atomic mass is 10.1. The molecule has 114 valence electrons. The van der Waals surface area contributed by atoms with Gasteiger partial charge in [-0.1, -0.05) is 36.1 Å². The molecule has 0 aromatic heterocycles. The molecule has 1 heterocycles. The number of rotatable bonds is 4. The lowest BCUT2D eigenvalue weighted by Crippen LogP contribution is -2.33. The van der Waals surface area contributed by atoms with Crippen LogP contribution in [0.25, 0.3) is 6.08 Å². The van der Waals surface area contributed by atoms with Crippen molar-refractivity contribution in [3.8, 4) is 5.75 Å². The van der Waals surface area contributed by atoms with Gasteiger partial charge in [0.15, 0.2) is 0 Å². The Labute approximate surface area is 133 Å². The van der Waals surface area contributed by atoms with E-state index in [1.807, 2.05) is 0 Å². The second-order valence-corrected chi connectivity index (χ2v) is 5.81. The van der Waals surface area contributed by atoms with Gasteiger partial charge in [0.2, 0.25) is 5.75 Å². The quantitative estimate of drug-likeness (QED) is 0.367. The predicted molar refractivity (Wildman–Crippen MR) is 82.3 cm³/mol. The van der Waals surface area contributed by atoms with Crippen molar-refractivity contribution in [2.24, 2.45) is 0 Å². The van der Waals surface area contributed by atoms with E-state index < -0.39 is 34.8 Å². The minimum absolute atomic E-state index is 0.0728. The summed E-state index contributed by atoms with van der Waals surface area (Å²) < 4.78 is 0.0728. The average Bonchev–Trinajstić information content (AvgIpc) is 2.68. The Morgan fingerprint density at radius 2 is 2.18 bits per heavy atom. The zero-order valence-electron chi connectivity index (χ0n) is 10.8. The molecule has 0 radical (unpaired) electrons. The highest BCUT2D eigenvalue weighted by Crippen LogP contribution is 2.36. The van der Waals surface area contributed by atoms with E-state index in [1.165, 1.54) is 18.2 Å². The third kappa shape index (κ3) is 3.07. The van der Waals surface area contributed by atoms with Crippen molar-refractivity contribution in [3.63, 3.8) is 0 Å². The lowest BCUT2D eigenvalue weighted by molar-refractivity contribution is -0.385. The van der Waals surface area contributed by atoms with Crippen molar-refractivity contribution >= 4 is 51.9 Å². The van der Waals surface area contributed by atoms with Crippen LogP contribution in [0.15, 0.2) is 23.1 Å². The second-order valence-electron chi connectivity index (χ2n) is 4.13. The Kier molecular flexibility index (Phi) is 4.43. The summed E-state index contributed by atoms with van der Waals surface area (Å²) >= 11 is 5.79. The molecular weight excluding hydrogens is 332 g/mol. The molecule has 1 aromatic carbocycles. The van der Waals surface area contributed by atoms with Gasteiger partial charge in [0.25, 0.3) is 5.91 Å². The van der Waals surface area contributed by atoms with Crippen LogP contribution in [0.2, 0.25) is 0 Å². The number of nitro groups is 1. The molecule has 0 aliphatic carbocycles. The number of para-hydroxylation sites is 1. The zero-order valence-corrected chi connectivity index (χ0v) is 12.4. The number of carbonyl (C=O) groups is 2.